The van der Waals surface area contributed by atoms with Crippen molar-refractivity contribution in [2.75, 3.05) is 11.9 Å². The number of anilines is 1. The molecule has 3 rings (SSSR count). The van der Waals surface area contributed by atoms with Gasteiger partial charge < -0.3 is 5.32 Å². The van der Waals surface area contributed by atoms with E-state index in [0.717, 1.165) is 29.4 Å². The maximum absolute atomic E-state index is 6.06. The zero-order chi connectivity index (χ0) is 13.2. The molecule has 0 saturated heterocycles. The van der Waals surface area contributed by atoms with E-state index in [-0.39, 0.29) is 0 Å². The second-order valence-electron chi connectivity index (χ2n) is 5.08. The van der Waals surface area contributed by atoms with E-state index in [9.17, 15) is 0 Å². The first kappa shape index (κ1) is 12.8. The summed E-state index contributed by atoms with van der Waals surface area (Å²) in [6, 6.07) is 14.2. The Morgan fingerprint density at radius 1 is 1.00 bits per heavy atom. The molecule has 1 nitrogen and oxygen atoms in total. The lowest BCUT2D eigenvalue weighted by Gasteiger charge is -2.26. The Morgan fingerprint density at radius 3 is 2.53 bits per heavy atom. The van der Waals surface area contributed by atoms with Crippen LogP contribution in [0.5, 0.6) is 0 Å². The molecular formula is C16H15Cl2N. The molecule has 0 fully saturated rings. The summed E-state index contributed by atoms with van der Waals surface area (Å²) in [5, 5.41) is 5.09. The van der Waals surface area contributed by atoms with Crippen LogP contribution in [0.1, 0.15) is 11.1 Å². The normalized spacial score (nSPS) is 17.7. The molecule has 0 radical (unpaired) electrons. The summed E-state index contributed by atoms with van der Waals surface area (Å²) >= 11 is 12.0. The molecule has 19 heavy (non-hydrogen) atoms. The first-order chi connectivity index (χ1) is 9.20. The maximum Gasteiger partial charge on any atom is 0.0410 e. The van der Waals surface area contributed by atoms with Crippen LogP contribution in [0.15, 0.2) is 42.5 Å². The molecular weight excluding hydrogens is 277 g/mol. The second kappa shape index (κ2) is 5.44. The molecule has 2 aromatic rings. The molecule has 0 bridgehead atoms. The standard InChI is InChI=1S/C16H15Cl2N/c17-14-3-1-11(2-4-14)7-12-8-13-9-15(18)5-6-16(13)19-10-12/h1-6,9,12,19H,7-8,10H2. The summed E-state index contributed by atoms with van der Waals surface area (Å²) in [5.41, 5.74) is 3.87. The van der Waals surface area contributed by atoms with E-state index in [1.807, 2.05) is 18.2 Å². The SMILES string of the molecule is Clc1ccc(CC2CNc3ccc(Cl)cc3C2)cc1. The zero-order valence-electron chi connectivity index (χ0n) is 10.5. The molecule has 0 aliphatic carbocycles. The van der Waals surface area contributed by atoms with E-state index in [4.69, 9.17) is 23.2 Å². The van der Waals surface area contributed by atoms with Gasteiger partial charge in [-0.1, -0.05) is 35.3 Å². The Balaban J connectivity index is 1.73. The second-order valence-corrected chi connectivity index (χ2v) is 5.96. The fraction of sp³-hybridized carbons (Fsp3) is 0.250. The maximum atomic E-state index is 6.06. The number of fused-ring (bicyclic) bond motifs is 1. The Labute approximate surface area is 123 Å². The predicted molar refractivity (Wildman–Crippen MR) is 82.3 cm³/mol. The van der Waals surface area contributed by atoms with Gasteiger partial charge in [0.1, 0.15) is 0 Å². The lowest BCUT2D eigenvalue weighted by Crippen LogP contribution is -2.24. The monoisotopic (exact) mass is 291 g/mol. The van der Waals surface area contributed by atoms with Crippen LogP contribution in [-0.2, 0) is 12.8 Å². The van der Waals surface area contributed by atoms with E-state index in [2.05, 4.69) is 29.6 Å². The number of rotatable bonds is 2. The van der Waals surface area contributed by atoms with E-state index >= 15 is 0 Å². The van der Waals surface area contributed by atoms with Gasteiger partial charge in [0.05, 0.1) is 0 Å². The number of hydrogen-bond donors (Lipinski definition) is 1. The number of halogens is 2. The van der Waals surface area contributed by atoms with Crippen LogP contribution in [0.3, 0.4) is 0 Å². The Morgan fingerprint density at radius 2 is 1.74 bits per heavy atom. The van der Waals surface area contributed by atoms with Crippen LogP contribution in [0.4, 0.5) is 5.69 Å². The third-order valence-corrected chi connectivity index (χ3v) is 4.08. The molecule has 1 unspecified atom stereocenters. The van der Waals surface area contributed by atoms with E-state index < -0.39 is 0 Å². The van der Waals surface area contributed by atoms with Gasteiger partial charge in [-0.3, -0.25) is 0 Å². The Hall–Kier alpha value is -1.18. The van der Waals surface area contributed by atoms with Crippen LogP contribution in [0.2, 0.25) is 10.0 Å². The Bertz CT molecular complexity index is 578. The predicted octanol–water partition coefficient (Wildman–Crippen LogP) is 4.82. The lowest BCUT2D eigenvalue weighted by molar-refractivity contribution is 0.535. The van der Waals surface area contributed by atoms with Gasteiger partial charge in [-0.05, 0) is 60.2 Å². The average Bonchev–Trinajstić information content (AvgIpc) is 2.41. The van der Waals surface area contributed by atoms with Crippen molar-refractivity contribution in [3.8, 4) is 0 Å². The molecule has 98 valence electrons. The van der Waals surface area contributed by atoms with Crippen LogP contribution < -0.4 is 5.32 Å². The summed E-state index contributed by atoms with van der Waals surface area (Å²) in [6.07, 6.45) is 2.14. The molecule has 1 heterocycles. The van der Waals surface area contributed by atoms with Crippen molar-refractivity contribution in [2.24, 2.45) is 5.92 Å². The molecule has 1 aliphatic rings. The molecule has 0 amide bonds. The molecule has 1 N–H and O–H groups in total. The summed E-state index contributed by atoms with van der Waals surface area (Å²) in [5.74, 6) is 0.604. The van der Waals surface area contributed by atoms with Crippen molar-refractivity contribution < 1.29 is 0 Å². The van der Waals surface area contributed by atoms with Gasteiger partial charge in [0.15, 0.2) is 0 Å². The summed E-state index contributed by atoms with van der Waals surface area (Å²) in [4.78, 5) is 0. The molecule has 3 heteroatoms. The molecule has 0 saturated carbocycles. The zero-order valence-corrected chi connectivity index (χ0v) is 12.0. The van der Waals surface area contributed by atoms with Crippen molar-refractivity contribution in [3.63, 3.8) is 0 Å². The van der Waals surface area contributed by atoms with Gasteiger partial charge in [-0.25, -0.2) is 0 Å². The Kier molecular flexibility index (Phi) is 3.67. The van der Waals surface area contributed by atoms with Crippen molar-refractivity contribution in [1.82, 2.24) is 0 Å². The van der Waals surface area contributed by atoms with E-state index in [1.54, 1.807) is 0 Å². The topological polar surface area (TPSA) is 12.0 Å². The minimum Gasteiger partial charge on any atom is -0.385 e. The fourth-order valence-electron chi connectivity index (χ4n) is 2.64. The molecule has 0 spiro atoms. The number of nitrogens with one attached hydrogen (secondary N) is 1. The van der Waals surface area contributed by atoms with Gasteiger partial charge in [0.2, 0.25) is 0 Å². The highest BCUT2D eigenvalue weighted by atomic mass is 35.5. The van der Waals surface area contributed by atoms with Crippen LogP contribution in [-0.4, -0.2) is 6.54 Å². The van der Waals surface area contributed by atoms with Crippen molar-refractivity contribution in [2.45, 2.75) is 12.8 Å². The van der Waals surface area contributed by atoms with Crippen LogP contribution >= 0.6 is 23.2 Å². The van der Waals surface area contributed by atoms with Crippen LogP contribution in [0.25, 0.3) is 0 Å². The highest BCUT2D eigenvalue weighted by molar-refractivity contribution is 6.30. The van der Waals surface area contributed by atoms with Gasteiger partial charge >= 0.3 is 0 Å². The molecule has 1 aliphatic heterocycles. The summed E-state index contributed by atoms with van der Waals surface area (Å²) in [6.45, 7) is 1.01. The summed E-state index contributed by atoms with van der Waals surface area (Å²) < 4.78 is 0. The molecule has 2 aromatic carbocycles. The third kappa shape index (κ3) is 3.05. The first-order valence-electron chi connectivity index (χ1n) is 6.47. The smallest absolute Gasteiger partial charge is 0.0410 e. The van der Waals surface area contributed by atoms with Crippen LogP contribution in [0, 0.1) is 5.92 Å². The minimum absolute atomic E-state index is 0.604. The highest BCUT2D eigenvalue weighted by Crippen LogP contribution is 2.29. The summed E-state index contributed by atoms with van der Waals surface area (Å²) in [7, 11) is 0. The molecule has 1 atom stereocenters. The van der Waals surface area contributed by atoms with E-state index in [0.29, 0.717) is 5.92 Å². The van der Waals surface area contributed by atoms with E-state index in [1.165, 1.54) is 16.8 Å². The fourth-order valence-corrected chi connectivity index (χ4v) is 2.96. The van der Waals surface area contributed by atoms with Gasteiger partial charge in [0, 0.05) is 22.3 Å². The van der Waals surface area contributed by atoms with Crippen molar-refractivity contribution >= 4 is 28.9 Å². The van der Waals surface area contributed by atoms with Gasteiger partial charge in [0.25, 0.3) is 0 Å². The average molecular weight is 292 g/mol. The largest absolute Gasteiger partial charge is 0.385 e. The molecule has 0 aromatic heterocycles. The third-order valence-electron chi connectivity index (χ3n) is 3.59. The van der Waals surface area contributed by atoms with Gasteiger partial charge in [-0.15, -0.1) is 0 Å². The lowest BCUT2D eigenvalue weighted by atomic mass is 9.89. The number of benzene rings is 2. The first-order valence-corrected chi connectivity index (χ1v) is 7.23. The quantitative estimate of drug-likeness (QED) is 0.836. The number of hydrogen-bond acceptors (Lipinski definition) is 1. The van der Waals surface area contributed by atoms with Crippen molar-refractivity contribution in [1.29, 1.82) is 0 Å². The highest BCUT2D eigenvalue weighted by Gasteiger charge is 2.18. The minimum atomic E-state index is 0.604. The van der Waals surface area contributed by atoms with Gasteiger partial charge in [-0.2, -0.15) is 0 Å². The van der Waals surface area contributed by atoms with Crippen molar-refractivity contribution in [3.05, 3.63) is 63.6 Å².